The molecule has 0 amide bonds. The van der Waals surface area contributed by atoms with Crippen molar-refractivity contribution in [2.45, 2.75) is 24.7 Å². The minimum atomic E-state index is -0.357. The van der Waals surface area contributed by atoms with Crippen molar-refractivity contribution in [3.05, 3.63) is 82.8 Å². The van der Waals surface area contributed by atoms with E-state index in [9.17, 15) is 4.39 Å². The molecule has 0 atom stereocenters. The molecule has 1 fully saturated rings. The van der Waals surface area contributed by atoms with Gasteiger partial charge in [-0.05, 0) is 54.8 Å². The van der Waals surface area contributed by atoms with Gasteiger partial charge in [-0.15, -0.1) is 0 Å². The number of hydrogen-bond donors (Lipinski definition) is 2. The number of hydrazone groups is 1. The van der Waals surface area contributed by atoms with Crippen LogP contribution in [0.1, 0.15) is 29.5 Å². The maximum absolute atomic E-state index is 14.1. The van der Waals surface area contributed by atoms with Gasteiger partial charge in [0.25, 0.3) is 0 Å². The Morgan fingerprint density at radius 3 is 2.50 bits per heavy atom. The fourth-order valence-corrected chi connectivity index (χ4v) is 3.73. The molecule has 136 valence electrons. The molecule has 2 N–H and O–H groups in total. The van der Waals surface area contributed by atoms with Gasteiger partial charge in [-0.25, -0.2) is 4.39 Å². The Bertz CT molecular complexity index is 780. The normalized spacial score (nSPS) is 16.5. The summed E-state index contributed by atoms with van der Waals surface area (Å²) in [5.74, 6) is -0.357. The minimum Gasteiger partial charge on any atom is -0.317 e. The van der Waals surface area contributed by atoms with Crippen LogP contribution in [-0.2, 0) is 11.8 Å². The van der Waals surface area contributed by atoms with Crippen LogP contribution in [0.2, 0.25) is 5.02 Å². The van der Waals surface area contributed by atoms with Crippen LogP contribution in [0.4, 0.5) is 4.39 Å². The van der Waals surface area contributed by atoms with E-state index in [1.807, 2.05) is 12.3 Å². The lowest BCUT2D eigenvalue weighted by molar-refractivity contribution is 0.361. The second kappa shape index (κ2) is 8.47. The molecular weight excluding hydrogens is 349 g/mol. The molecule has 1 saturated heterocycles. The molecule has 0 radical (unpaired) electrons. The van der Waals surface area contributed by atoms with E-state index in [4.69, 9.17) is 11.6 Å². The largest absolute Gasteiger partial charge is 0.317 e. The van der Waals surface area contributed by atoms with Crippen molar-refractivity contribution >= 4 is 17.8 Å². The number of hydrogen-bond acceptors (Lipinski definition) is 3. The summed E-state index contributed by atoms with van der Waals surface area (Å²) in [6.07, 6.45) is 5.94. The molecule has 0 unspecified atom stereocenters. The summed E-state index contributed by atoms with van der Waals surface area (Å²) in [5.41, 5.74) is 5.89. The van der Waals surface area contributed by atoms with Gasteiger partial charge < -0.3 is 5.32 Å². The van der Waals surface area contributed by atoms with Gasteiger partial charge in [0, 0.05) is 24.3 Å². The smallest absolute Gasteiger partial charge is 0.142 e. The maximum atomic E-state index is 14.1. The molecule has 0 bridgehead atoms. The van der Waals surface area contributed by atoms with Crippen molar-refractivity contribution in [1.82, 2.24) is 10.7 Å². The first-order valence-corrected chi connectivity index (χ1v) is 9.17. The predicted molar refractivity (Wildman–Crippen MR) is 106 cm³/mol. The number of nitrogens with one attached hydrogen (secondary N) is 2. The summed E-state index contributed by atoms with van der Waals surface area (Å²) in [4.78, 5) is 0. The summed E-state index contributed by atoms with van der Waals surface area (Å²) >= 11 is 5.89. The van der Waals surface area contributed by atoms with Crippen LogP contribution in [0.3, 0.4) is 0 Å². The Hall–Kier alpha value is -2.17. The second-order valence-corrected chi connectivity index (χ2v) is 6.91. The molecule has 3 nitrogen and oxygen atoms in total. The summed E-state index contributed by atoms with van der Waals surface area (Å²) < 4.78 is 14.1. The van der Waals surface area contributed by atoms with E-state index in [0.29, 0.717) is 0 Å². The Balaban J connectivity index is 1.90. The minimum absolute atomic E-state index is 0.167. The maximum Gasteiger partial charge on any atom is 0.142 e. The molecule has 2 aromatic carbocycles. The highest BCUT2D eigenvalue weighted by atomic mass is 35.5. The zero-order chi connectivity index (χ0) is 18.4. The molecule has 1 aliphatic heterocycles. The van der Waals surface area contributed by atoms with Gasteiger partial charge in [-0.3, -0.25) is 5.43 Å². The van der Waals surface area contributed by atoms with Crippen LogP contribution in [-0.4, -0.2) is 19.3 Å². The Morgan fingerprint density at radius 2 is 1.85 bits per heavy atom. The highest BCUT2D eigenvalue weighted by molar-refractivity contribution is 6.30. The number of halogens is 2. The first-order valence-electron chi connectivity index (χ1n) is 8.79. The Labute approximate surface area is 159 Å². The third-order valence-corrected chi connectivity index (χ3v) is 5.33. The van der Waals surface area contributed by atoms with Crippen LogP contribution >= 0.6 is 11.6 Å². The summed E-state index contributed by atoms with van der Waals surface area (Å²) in [7, 11) is 0. The highest BCUT2D eigenvalue weighted by Gasteiger charge is 2.36. The Morgan fingerprint density at radius 1 is 1.15 bits per heavy atom. The van der Waals surface area contributed by atoms with Gasteiger partial charge in [-0.1, -0.05) is 48.5 Å². The number of nitrogens with zero attached hydrogens (tertiary/aromatic N) is 1. The van der Waals surface area contributed by atoms with Crippen molar-refractivity contribution in [3.63, 3.8) is 0 Å². The second-order valence-electron chi connectivity index (χ2n) is 6.51. The predicted octanol–water partition coefficient (Wildman–Crippen LogP) is 4.41. The van der Waals surface area contributed by atoms with E-state index in [2.05, 4.69) is 46.7 Å². The van der Waals surface area contributed by atoms with Gasteiger partial charge in [0.05, 0.1) is 5.02 Å². The summed E-state index contributed by atoms with van der Waals surface area (Å²) in [6, 6.07) is 13.8. The molecule has 5 heteroatoms. The van der Waals surface area contributed by atoms with Gasteiger partial charge in [0.2, 0.25) is 0 Å². The summed E-state index contributed by atoms with van der Waals surface area (Å²) in [5, 5.41) is 7.59. The van der Waals surface area contributed by atoms with Crippen LogP contribution < -0.4 is 10.7 Å². The third-order valence-electron chi connectivity index (χ3n) is 5.02. The summed E-state index contributed by atoms with van der Waals surface area (Å²) in [6.45, 7) is 5.37. The molecule has 1 aliphatic rings. The third kappa shape index (κ3) is 3.97. The standard InChI is InChI=1S/C21H23ClFN3/c1-2-25-26-12-9-16-3-5-17(6-4-16)21(10-13-24-14-11-21)18-7-8-19(22)20(23)15-18/h2-8,12,15,24-25H,1,9-11,13-14H2/b26-12-. The van der Waals surface area contributed by atoms with Gasteiger partial charge >= 0.3 is 0 Å². The van der Waals surface area contributed by atoms with Crippen LogP contribution in [0.5, 0.6) is 0 Å². The van der Waals surface area contributed by atoms with E-state index in [1.165, 1.54) is 17.3 Å². The molecule has 0 saturated carbocycles. The lowest BCUT2D eigenvalue weighted by Crippen LogP contribution is -2.40. The fraction of sp³-hybridized carbons (Fsp3) is 0.286. The molecular formula is C21H23ClFN3. The van der Waals surface area contributed by atoms with E-state index >= 15 is 0 Å². The Kier molecular flexibility index (Phi) is 6.07. The lowest BCUT2D eigenvalue weighted by Gasteiger charge is -2.39. The van der Waals surface area contributed by atoms with Crippen molar-refractivity contribution in [3.8, 4) is 0 Å². The van der Waals surface area contributed by atoms with E-state index < -0.39 is 0 Å². The quantitative estimate of drug-likeness (QED) is 0.583. The van der Waals surface area contributed by atoms with Crippen molar-refractivity contribution in [2.75, 3.05) is 13.1 Å². The SMILES string of the molecule is C=CN/N=C\Cc1ccc(C2(c3ccc(Cl)c(F)c3)CCNCC2)cc1. The monoisotopic (exact) mass is 371 g/mol. The molecule has 2 aromatic rings. The topological polar surface area (TPSA) is 36.4 Å². The van der Waals surface area contributed by atoms with Crippen LogP contribution in [0.25, 0.3) is 0 Å². The van der Waals surface area contributed by atoms with Crippen molar-refractivity contribution in [2.24, 2.45) is 5.10 Å². The highest BCUT2D eigenvalue weighted by Crippen LogP contribution is 2.41. The van der Waals surface area contributed by atoms with Crippen LogP contribution in [0.15, 0.2) is 60.3 Å². The first-order chi connectivity index (χ1) is 12.7. The zero-order valence-corrected chi connectivity index (χ0v) is 15.4. The van der Waals surface area contributed by atoms with Crippen molar-refractivity contribution in [1.29, 1.82) is 0 Å². The molecule has 0 aromatic heterocycles. The van der Waals surface area contributed by atoms with Gasteiger partial charge in [0.15, 0.2) is 0 Å². The van der Waals surface area contributed by atoms with Crippen LogP contribution in [0, 0.1) is 5.82 Å². The van der Waals surface area contributed by atoms with E-state index in [0.717, 1.165) is 37.9 Å². The molecule has 3 rings (SSSR count). The van der Waals surface area contributed by atoms with Gasteiger partial charge in [0.1, 0.15) is 5.82 Å². The lowest BCUT2D eigenvalue weighted by atomic mass is 9.68. The van der Waals surface area contributed by atoms with E-state index in [1.54, 1.807) is 12.1 Å². The number of benzene rings is 2. The molecule has 1 heterocycles. The number of piperidine rings is 1. The van der Waals surface area contributed by atoms with Crippen molar-refractivity contribution < 1.29 is 4.39 Å². The molecule has 0 aliphatic carbocycles. The van der Waals surface area contributed by atoms with E-state index in [-0.39, 0.29) is 16.3 Å². The van der Waals surface area contributed by atoms with Gasteiger partial charge in [-0.2, -0.15) is 5.10 Å². The fourth-order valence-electron chi connectivity index (χ4n) is 3.61. The molecule has 0 spiro atoms. The number of rotatable bonds is 6. The average Bonchev–Trinajstić information content (AvgIpc) is 2.68. The molecule has 26 heavy (non-hydrogen) atoms. The first kappa shape index (κ1) is 18.6. The average molecular weight is 372 g/mol. The zero-order valence-electron chi connectivity index (χ0n) is 14.6.